The minimum Gasteiger partial charge on any atom is -0.464 e. The quantitative estimate of drug-likeness (QED) is 0.477. The molecule has 3 aromatic rings. The lowest BCUT2D eigenvalue weighted by Crippen LogP contribution is -2.44. The maximum Gasteiger partial charge on any atom is 0.409 e. The van der Waals surface area contributed by atoms with Crippen LogP contribution in [-0.4, -0.2) is 77.5 Å². The molecule has 10 nitrogen and oxygen atoms in total. The molecule has 0 saturated heterocycles. The summed E-state index contributed by atoms with van der Waals surface area (Å²) in [6.07, 6.45) is 1.92. The summed E-state index contributed by atoms with van der Waals surface area (Å²) in [5.41, 5.74) is 5.56. The lowest BCUT2D eigenvalue weighted by atomic mass is 9.98. The molecule has 2 aliphatic rings. The lowest BCUT2D eigenvalue weighted by Gasteiger charge is -2.30. The topological polar surface area (TPSA) is 108 Å². The van der Waals surface area contributed by atoms with Crippen molar-refractivity contribution in [1.29, 1.82) is 0 Å². The van der Waals surface area contributed by atoms with Crippen molar-refractivity contribution >= 4 is 12.1 Å². The molecule has 0 fully saturated rings. The summed E-state index contributed by atoms with van der Waals surface area (Å²) >= 11 is 0. The van der Waals surface area contributed by atoms with Crippen LogP contribution in [-0.2, 0) is 32.2 Å². The summed E-state index contributed by atoms with van der Waals surface area (Å²) in [6.45, 7) is 6.44. The molecule has 41 heavy (non-hydrogen) atoms. The van der Waals surface area contributed by atoms with E-state index in [1.165, 1.54) is 22.3 Å². The molecule has 1 N–H and O–H groups in total. The molecule has 5 rings (SSSR count). The van der Waals surface area contributed by atoms with Gasteiger partial charge in [-0.05, 0) is 41.5 Å². The van der Waals surface area contributed by atoms with E-state index in [2.05, 4.69) is 46.8 Å². The highest BCUT2D eigenvalue weighted by Gasteiger charge is 2.30. The maximum absolute atomic E-state index is 13.2. The van der Waals surface area contributed by atoms with E-state index in [1.807, 2.05) is 31.2 Å². The van der Waals surface area contributed by atoms with Gasteiger partial charge in [0.15, 0.2) is 0 Å². The molecule has 0 bridgehead atoms. The highest BCUT2D eigenvalue weighted by atomic mass is 16.6. The van der Waals surface area contributed by atoms with Crippen molar-refractivity contribution in [2.75, 3.05) is 33.4 Å². The molecule has 1 aliphatic carbocycles. The van der Waals surface area contributed by atoms with Gasteiger partial charge in [0.05, 0.1) is 31.1 Å². The van der Waals surface area contributed by atoms with Gasteiger partial charge in [-0.1, -0.05) is 60.7 Å². The zero-order valence-electron chi connectivity index (χ0n) is 24.0. The third-order valence-corrected chi connectivity index (χ3v) is 7.91. The molecule has 0 radical (unpaired) electrons. The largest absolute Gasteiger partial charge is 0.464 e. The lowest BCUT2D eigenvalue weighted by molar-refractivity contribution is -0.144. The number of hydrogen-bond acceptors (Lipinski definition) is 8. The van der Waals surface area contributed by atoms with E-state index in [4.69, 9.17) is 14.2 Å². The van der Waals surface area contributed by atoms with E-state index in [0.29, 0.717) is 45.7 Å². The van der Waals surface area contributed by atoms with E-state index < -0.39 is 6.09 Å². The minimum absolute atomic E-state index is 0.000868. The van der Waals surface area contributed by atoms with Crippen molar-refractivity contribution in [3.63, 3.8) is 0 Å². The number of carbonyl (C=O) groups excluding carboxylic acids is 2. The van der Waals surface area contributed by atoms with Crippen LogP contribution in [0, 0.1) is 5.92 Å². The van der Waals surface area contributed by atoms with Crippen LogP contribution in [0.25, 0.3) is 11.1 Å². The molecule has 10 heteroatoms. The van der Waals surface area contributed by atoms with E-state index in [1.54, 1.807) is 22.8 Å². The van der Waals surface area contributed by atoms with Gasteiger partial charge >= 0.3 is 12.1 Å². The molecule has 0 spiro atoms. The number of aryl methyl sites for hydroxylation is 1. The SMILES string of the molecule is C[C@@H]1COC(=O)CCCn2nncc2CO[C@@H](CN(C)C(=O)OCC2c3ccccc3-c3ccccc32)[C@@H](C)CN1. The van der Waals surface area contributed by atoms with Gasteiger partial charge in [0, 0.05) is 38.5 Å². The van der Waals surface area contributed by atoms with Gasteiger partial charge in [-0.3, -0.25) is 4.79 Å². The Labute approximate surface area is 241 Å². The molecule has 1 aromatic heterocycles. The molecule has 3 atom stereocenters. The highest BCUT2D eigenvalue weighted by molar-refractivity contribution is 5.79. The fourth-order valence-corrected chi connectivity index (χ4v) is 5.46. The molecule has 2 heterocycles. The molecule has 1 aliphatic heterocycles. The van der Waals surface area contributed by atoms with Crippen LogP contribution < -0.4 is 5.32 Å². The number of rotatable bonds is 4. The Kier molecular flexibility index (Phi) is 9.31. The number of likely N-dealkylation sites (N-methyl/N-ethyl adjacent to an activating group) is 1. The standard InChI is InChI=1S/C31H39N5O5/c1-21-15-32-22(2)18-40-30(37)13-8-14-36-23(16-33-34-36)19-39-29(21)17-35(3)31(38)41-20-28-26-11-6-4-9-24(26)25-10-5-7-12-27(25)28/h4-7,9-12,16,21-22,28-29,32H,8,13-15,17-20H2,1-3H3/t21-,22+,29-/m0/s1. The van der Waals surface area contributed by atoms with Gasteiger partial charge in [0.25, 0.3) is 0 Å². The van der Waals surface area contributed by atoms with Gasteiger partial charge in [0.2, 0.25) is 0 Å². The third-order valence-electron chi connectivity index (χ3n) is 7.91. The summed E-state index contributed by atoms with van der Waals surface area (Å²) in [5.74, 6) is -0.172. The number of cyclic esters (lactones) is 1. The normalized spacial score (nSPS) is 21.9. The second-order valence-electron chi connectivity index (χ2n) is 11.1. The van der Waals surface area contributed by atoms with Crippen LogP contribution in [0.15, 0.2) is 54.7 Å². The molecule has 218 valence electrons. The van der Waals surface area contributed by atoms with Crippen molar-refractivity contribution in [2.24, 2.45) is 5.92 Å². The van der Waals surface area contributed by atoms with Gasteiger partial charge in [-0.15, -0.1) is 5.10 Å². The summed E-state index contributed by atoms with van der Waals surface area (Å²) < 4.78 is 19.4. The smallest absolute Gasteiger partial charge is 0.409 e. The third kappa shape index (κ3) is 6.94. The second-order valence-corrected chi connectivity index (χ2v) is 11.1. The number of hydrogen-bond donors (Lipinski definition) is 1. The molecule has 2 aromatic carbocycles. The fourth-order valence-electron chi connectivity index (χ4n) is 5.46. The predicted molar refractivity (Wildman–Crippen MR) is 153 cm³/mol. The van der Waals surface area contributed by atoms with E-state index in [-0.39, 0.29) is 36.6 Å². The first-order chi connectivity index (χ1) is 19.9. The first-order valence-corrected chi connectivity index (χ1v) is 14.3. The van der Waals surface area contributed by atoms with Crippen LogP contribution >= 0.6 is 0 Å². The zero-order valence-corrected chi connectivity index (χ0v) is 24.0. The number of esters is 1. The monoisotopic (exact) mass is 561 g/mol. The molecular weight excluding hydrogens is 522 g/mol. The van der Waals surface area contributed by atoms with Crippen LogP contribution in [0.1, 0.15) is 49.4 Å². The zero-order chi connectivity index (χ0) is 28.8. The number of fused-ring (bicyclic) bond motifs is 4. The van der Waals surface area contributed by atoms with Gasteiger partial charge in [0.1, 0.15) is 13.2 Å². The second kappa shape index (κ2) is 13.3. The first-order valence-electron chi connectivity index (χ1n) is 14.3. The maximum atomic E-state index is 13.2. The van der Waals surface area contributed by atoms with Crippen LogP contribution in [0.3, 0.4) is 0 Å². The van der Waals surface area contributed by atoms with Gasteiger partial charge < -0.3 is 24.4 Å². The number of nitrogens with one attached hydrogen (secondary N) is 1. The minimum atomic E-state index is -0.390. The number of ether oxygens (including phenoxy) is 3. The van der Waals surface area contributed by atoms with Gasteiger partial charge in [-0.25, -0.2) is 9.48 Å². The van der Waals surface area contributed by atoms with Crippen molar-refractivity contribution in [3.05, 3.63) is 71.5 Å². The van der Waals surface area contributed by atoms with E-state index in [0.717, 1.165) is 5.69 Å². The Bertz CT molecular complexity index is 1300. The Morgan fingerprint density at radius 1 is 1.12 bits per heavy atom. The van der Waals surface area contributed by atoms with Crippen molar-refractivity contribution in [2.45, 2.75) is 57.9 Å². The van der Waals surface area contributed by atoms with Crippen LogP contribution in [0.5, 0.6) is 0 Å². The predicted octanol–water partition coefficient (Wildman–Crippen LogP) is 4.00. The number of aromatic nitrogens is 3. The highest BCUT2D eigenvalue weighted by Crippen LogP contribution is 2.44. The Hall–Kier alpha value is -3.76. The summed E-state index contributed by atoms with van der Waals surface area (Å²) in [7, 11) is 1.74. The fraction of sp³-hybridized carbons (Fsp3) is 0.484. The van der Waals surface area contributed by atoms with E-state index >= 15 is 0 Å². The summed E-state index contributed by atoms with van der Waals surface area (Å²) in [5, 5.41) is 11.6. The van der Waals surface area contributed by atoms with Crippen molar-refractivity contribution < 1.29 is 23.8 Å². The van der Waals surface area contributed by atoms with Crippen LogP contribution in [0.2, 0.25) is 0 Å². The summed E-state index contributed by atoms with van der Waals surface area (Å²) in [4.78, 5) is 26.9. The number of benzene rings is 2. The Morgan fingerprint density at radius 2 is 1.83 bits per heavy atom. The first kappa shape index (κ1) is 28.8. The molecular formula is C31H39N5O5. The van der Waals surface area contributed by atoms with Crippen LogP contribution in [0.4, 0.5) is 4.79 Å². The van der Waals surface area contributed by atoms with Crippen molar-refractivity contribution in [1.82, 2.24) is 25.2 Å². The Morgan fingerprint density at radius 3 is 2.56 bits per heavy atom. The van der Waals surface area contributed by atoms with Gasteiger partial charge in [-0.2, -0.15) is 0 Å². The van der Waals surface area contributed by atoms with E-state index in [9.17, 15) is 9.59 Å². The number of amides is 1. The number of nitrogens with zero attached hydrogens (tertiary/aromatic N) is 4. The Balaban J connectivity index is 1.24. The van der Waals surface area contributed by atoms with Crippen molar-refractivity contribution in [3.8, 4) is 11.1 Å². The molecule has 0 saturated carbocycles. The number of carbonyl (C=O) groups is 2. The summed E-state index contributed by atoms with van der Waals surface area (Å²) in [6, 6.07) is 16.6. The molecule has 0 unspecified atom stereocenters. The molecule has 1 amide bonds. The average molecular weight is 562 g/mol. The average Bonchev–Trinajstić information content (AvgIpc) is 3.57.